The molecule has 0 rings (SSSR count). The Bertz CT molecular complexity index is 167. The molecule has 3 nitrogen and oxygen atoms in total. The number of hydrogen-bond donors (Lipinski definition) is 2. The summed E-state index contributed by atoms with van der Waals surface area (Å²) in [5.41, 5.74) is 0. The standard InChI is InChI=1S/C12H26N2O/c1-5-11(6-2)9-14-12(15)10(4)8-13-7-3/h10-11,13H,5-9H2,1-4H3,(H,14,15). The monoisotopic (exact) mass is 214 g/mol. The lowest BCUT2D eigenvalue weighted by atomic mass is 10.0. The summed E-state index contributed by atoms with van der Waals surface area (Å²) in [5, 5.41) is 6.20. The number of carbonyl (C=O) groups excluding carboxylic acids is 1. The van der Waals surface area contributed by atoms with E-state index < -0.39 is 0 Å². The third kappa shape index (κ3) is 6.50. The molecule has 0 aromatic heterocycles. The molecule has 90 valence electrons. The normalized spacial score (nSPS) is 12.9. The number of amides is 1. The van der Waals surface area contributed by atoms with Crippen LogP contribution in [0.25, 0.3) is 0 Å². The fourth-order valence-electron chi connectivity index (χ4n) is 1.45. The fraction of sp³-hybridized carbons (Fsp3) is 0.917. The van der Waals surface area contributed by atoms with Crippen molar-refractivity contribution in [2.75, 3.05) is 19.6 Å². The molecular formula is C12H26N2O. The van der Waals surface area contributed by atoms with Crippen molar-refractivity contribution in [3.05, 3.63) is 0 Å². The summed E-state index contributed by atoms with van der Waals surface area (Å²) in [6.07, 6.45) is 2.27. The highest BCUT2D eigenvalue weighted by atomic mass is 16.1. The van der Waals surface area contributed by atoms with E-state index in [0.29, 0.717) is 5.92 Å². The van der Waals surface area contributed by atoms with Crippen LogP contribution in [0.1, 0.15) is 40.5 Å². The zero-order valence-electron chi connectivity index (χ0n) is 10.6. The van der Waals surface area contributed by atoms with E-state index in [4.69, 9.17) is 0 Å². The molecule has 1 atom stereocenters. The van der Waals surface area contributed by atoms with Crippen molar-refractivity contribution in [3.8, 4) is 0 Å². The van der Waals surface area contributed by atoms with Crippen LogP contribution >= 0.6 is 0 Å². The molecule has 0 aromatic carbocycles. The molecule has 1 amide bonds. The van der Waals surface area contributed by atoms with E-state index in [1.807, 2.05) is 6.92 Å². The van der Waals surface area contributed by atoms with E-state index in [0.717, 1.165) is 32.5 Å². The van der Waals surface area contributed by atoms with Crippen LogP contribution < -0.4 is 10.6 Å². The average molecular weight is 214 g/mol. The lowest BCUT2D eigenvalue weighted by molar-refractivity contribution is -0.124. The Kier molecular flexibility index (Phi) is 8.38. The van der Waals surface area contributed by atoms with Crippen LogP contribution in [0.3, 0.4) is 0 Å². The zero-order valence-corrected chi connectivity index (χ0v) is 10.6. The predicted molar refractivity (Wildman–Crippen MR) is 64.8 cm³/mol. The first-order valence-corrected chi connectivity index (χ1v) is 6.14. The number of carbonyl (C=O) groups is 1. The SMILES string of the molecule is CCNCC(C)C(=O)NCC(CC)CC. The molecule has 0 aliphatic heterocycles. The van der Waals surface area contributed by atoms with Crippen molar-refractivity contribution in [3.63, 3.8) is 0 Å². The number of hydrogen-bond acceptors (Lipinski definition) is 2. The van der Waals surface area contributed by atoms with Gasteiger partial charge in [-0.3, -0.25) is 4.79 Å². The molecule has 0 heterocycles. The van der Waals surface area contributed by atoms with Crippen LogP contribution in [0, 0.1) is 11.8 Å². The van der Waals surface area contributed by atoms with Crippen molar-refractivity contribution >= 4 is 5.91 Å². The second-order valence-corrected chi connectivity index (χ2v) is 4.14. The van der Waals surface area contributed by atoms with E-state index in [-0.39, 0.29) is 11.8 Å². The maximum absolute atomic E-state index is 11.6. The minimum atomic E-state index is 0.0688. The van der Waals surface area contributed by atoms with Gasteiger partial charge in [0.1, 0.15) is 0 Å². The Morgan fingerprint density at radius 1 is 1.13 bits per heavy atom. The third-order valence-corrected chi connectivity index (χ3v) is 2.87. The van der Waals surface area contributed by atoms with Gasteiger partial charge in [-0.1, -0.05) is 40.5 Å². The van der Waals surface area contributed by atoms with Crippen LogP contribution in [0.5, 0.6) is 0 Å². The lowest BCUT2D eigenvalue weighted by Crippen LogP contribution is -2.37. The van der Waals surface area contributed by atoms with E-state index in [9.17, 15) is 4.79 Å². The van der Waals surface area contributed by atoms with Gasteiger partial charge in [-0.25, -0.2) is 0 Å². The Hall–Kier alpha value is -0.570. The largest absolute Gasteiger partial charge is 0.356 e. The summed E-state index contributed by atoms with van der Waals surface area (Å²) in [6, 6.07) is 0. The second-order valence-electron chi connectivity index (χ2n) is 4.14. The van der Waals surface area contributed by atoms with Crippen molar-refractivity contribution < 1.29 is 4.79 Å². The maximum atomic E-state index is 11.6. The van der Waals surface area contributed by atoms with Gasteiger partial charge in [0.05, 0.1) is 0 Å². The summed E-state index contributed by atoms with van der Waals surface area (Å²) >= 11 is 0. The molecule has 2 N–H and O–H groups in total. The van der Waals surface area contributed by atoms with Gasteiger partial charge in [0.25, 0.3) is 0 Å². The number of nitrogens with one attached hydrogen (secondary N) is 2. The number of rotatable bonds is 8. The molecule has 0 aliphatic rings. The molecule has 3 heteroatoms. The van der Waals surface area contributed by atoms with Crippen LogP contribution in [0.15, 0.2) is 0 Å². The third-order valence-electron chi connectivity index (χ3n) is 2.87. The van der Waals surface area contributed by atoms with Gasteiger partial charge >= 0.3 is 0 Å². The topological polar surface area (TPSA) is 41.1 Å². The molecule has 0 fully saturated rings. The first kappa shape index (κ1) is 14.4. The molecule has 1 unspecified atom stereocenters. The summed E-state index contributed by atoms with van der Waals surface area (Å²) in [5.74, 6) is 0.863. The van der Waals surface area contributed by atoms with Gasteiger partial charge in [0.2, 0.25) is 5.91 Å². The van der Waals surface area contributed by atoms with Gasteiger partial charge in [-0.05, 0) is 12.5 Å². The predicted octanol–water partition coefficient (Wildman–Crippen LogP) is 1.78. The van der Waals surface area contributed by atoms with Gasteiger partial charge in [-0.15, -0.1) is 0 Å². The lowest BCUT2D eigenvalue weighted by Gasteiger charge is -2.16. The van der Waals surface area contributed by atoms with Gasteiger partial charge in [-0.2, -0.15) is 0 Å². The summed E-state index contributed by atoms with van der Waals surface area (Å²) in [6.45, 7) is 10.9. The van der Waals surface area contributed by atoms with Crippen LogP contribution in [-0.2, 0) is 4.79 Å². The average Bonchev–Trinajstić information content (AvgIpc) is 2.26. The Morgan fingerprint density at radius 2 is 1.73 bits per heavy atom. The van der Waals surface area contributed by atoms with E-state index in [2.05, 4.69) is 31.4 Å². The van der Waals surface area contributed by atoms with Crippen molar-refractivity contribution in [2.45, 2.75) is 40.5 Å². The minimum Gasteiger partial charge on any atom is -0.356 e. The molecule has 0 saturated heterocycles. The summed E-state index contributed by atoms with van der Waals surface area (Å²) < 4.78 is 0. The highest BCUT2D eigenvalue weighted by Gasteiger charge is 2.12. The maximum Gasteiger partial charge on any atom is 0.224 e. The van der Waals surface area contributed by atoms with Crippen LogP contribution in [0.2, 0.25) is 0 Å². The zero-order chi connectivity index (χ0) is 11.7. The molecule has 0 aromatic rings. The smallest absolute Gasteiger partial charge is 0.224 e. The Labute approximate surface area is 94.0 Å². The molecule has 0 aliphatic carbocycles. The van der Waals surface area contributed by atoms with E-state index in [1.165, 1.54) is 0 Å². The molecule has 15 heavy (non-hydrogen) atoms. The van der Waals surface area contributed by atoms with E-state index in [1.54, 1.807) is 0 Å². The minimum absolute atomic E-state index is 0.0688. The highest BCUT2D eigenvalue weighted by molar-refractivity contribution is 5.78. The Morgan fingerprint density at radius 3 is 2.20 bits per heavy atom. The van der Waals surface area contributed by atoms with Crippen molar-refractivity contribution in [1.82, 2.24) is 10.6 Å². The summed E-state index contributed by atoms with van der Waals surface area (Å²) in [4.78, 5) is 11.6. The van der Waals surface area contributed by atoms with Gasteiger partial charge in [0.15, 0.2) is 0 Å². The Balaban J connectivity index is 3.71. The van der Waals surface area contributed by atoms with Crippen molar-refractivity contribution in [1.29, 1.82) is 0 Å². The molecule has 0 bridgehead atoms. The highest BCUT2D eigenvalue weighted by Crippen LogP contribution is 2.05. The quantitative estimate of drug-likeness (QED) is 0.647. The van der Waals surface area contributed by atoms with Crippen LogP contribution in [-0.4, -0.2) is 25.5 Å². The first-order valence-electron chi connectivity index (χ1n) is 6.14. The summed E-state index contributed by atoms with van der Waals surface area (Å²) in [7, 11) is 0. The second kappa shape index (κ2) is 8.72. The van der Waals surface area contributed by atoms with Gasteiger partial charge < -0.3 is 10.6 Å². The molecule has 0 spiro atoms. The fourth-order valence-corrected chi connectivity index (χ4v) is 1.45. The van der Waals surface area contributed by atoms with Crippen LogP contribution in [0.4, 0.5) is 0 Å². The van der Waals surface area contributed by atoms with E-state index >= 15 is 0 Å². The van der Waals surface area contributed by atoms with Crippen molar-refractivity contribution in [2.24, 2.45) is 11.8 Å². The first-order chi connectivity index (χ1) is 7.15. The molecular weight excluding hydrogens is 188 g/mol. The van der Waals surface area contributed by atoms with Gasteiger partial charge in [0, 0.05) is 19.0 Å². The molecule has 0 saturated carbocycles. The molecule has 0 radical (unpaired) electrons.